The highest BCUT2D eigenvalue weighted by molar-refractivity contribution is 9.10. The molecule has 1 aromatic rings. The second-order valence-electron chi connectivity index (χ2n) is 4.13. The first-order chi connectivity index (χ1) is 8.54. The summed E-state index contributed by atoms with van der Waals surface area (Å²) in [5.41, 5.74) is 0. The summed E-state index contributed by atoms with van der Waals surface area (Å²) >= 11 is 3.38. The number of amides is 1. The van der Waals surface area contributed by atoms with E-state index in [1.165, 1.54) is 0 Å². The zero-order chi connectivity index (χ0) is 13.5. The molecule has 0 aliphatic carbocycles. The van der Waals surface area contributed by atoms with Gasteiger partial charge in [-0.15, -0.1) is 12.4 Å². The predicted molar refractivity (Wildman–Crippen MR) is 83.0 cm³/mol. The van der Waals surface area contributed by atoms with Crippen LogP contribution in [0.5, 0.6) is 5.75 Å². The first kappa shape index (κ1) is 18.2. The van der Waals surface area contributed by atoms with Gasteiger partial charge in [-0.05, 0) is 49.0 Å². The number of hydrogen-bond acceptors (Lipinski definition) is 3. The highest BCUT2D eigenvalue weighted by Crippen LogP contribution is 2.24. The van der Waals surface area contributed by atoms with Gasteiger partial charge in [0.2, 0.25) is 0 Å². The Morgan fingerprint density at radius 3 is 2.58 bits per heavy atom. The highest BCUT2D eigenvalue weighted by Gasteiger charge is 2.15. The van der Waals surface area contributed by atoms with Crippen molar-refractivity contribution in [1.29, 1.82) is 0 Å². The molecule has 0 spiro atoms. The number of rotatable bonds is 6. The van der Waals surface area contributed by atoms with Crippen molar-refractivity contribution in [1.82, 2.24) is 10.6 Å². The Bertz CT molecular complexity index is 404. The molecule has 0 fully saturated rings. The maximum atomic E-state index is 11.8. The molecule has 0 heterocycles. The van der Waals surface area contributed by atoms with Crippen LogP contribution < -0.4 is 15.4 Å². The fourth-order valence-electron chi connectivity index (χ4n) is 1.28. The molecule has 0 bridgehead atoms. The van der Waals surface area contributed by atoms with Crippen molar-refractivity contribution in [2.24, 2.45) is 0 Å². The van der Waals surface area contributed by atoms with E-state index in [2.05, 4.69) is 26.6 Å². The van der Waals surface area contributed by atoms with E-state index < -0.39 is 6.10 Å². The molecule has 0 radical (unpaired) electrons. The molecule has 0 saturated carbocycles. The molecule has 4 nitrogen and oxygen atoms in total. The molecule has 0 aliphatic rings. The first-order valence-electron chi connectivity index (χ1n) is 5.90. The molecule has 0 aliphatic heterocycles. The highest BCUT2D eigenvalue weighted by atomic mass is 79.9. The van der Waals surface area contributed by atoms with Gasteiger partial charge in [-0.2, -0.15) is 0 Å². The Morgan fingerprint density at radius 1 is 1.37 bits per heavy atom. The Kier molecular flexibility index (Phi) is 8.80. The zero-order valence-electron chi connectivity index (χ0n) is 11.3. The summed E-state index contributed by atoms with van der Waals surface area (Å²) < 4.78 is 6.43. The van der Waals surface area contributed by atoms with Gasteiger partial charge < -0.3 is 15.4 Å². The van der Waals surface area contributed by atoms with Crippen molar-refractivity contribution in [3.05, 3.63) is 28.7 Å². The molecule has 108 valence electrons. The van der Waals surface area contributed by atoms with Crippen molar-refractivity contribution in [2.75, 3.05) is 13.6 Å². The van der Waals surface area contributed by atoms with Crippen LogP contribution in [0.3, 0.4) is 0 Å². The van der Waals surface area contributed by atoms with Crippen LogP contribution in [-0.2, 0) is 4.79 Å². The van der Waals surface area contributed by atoms with E-state index >= 15 is 0 Å². The minimum absolute atomic E-state index is 0. The average molecular weight is 352 g/mol. The summed E-state index contributed by atoms with van der Waals surface area (Å²) in [6, 6.07) is 7.71. The lowest BCUT2D eigenvalue weighted by atomic mass is 10.3. The number of halogens is 2. The lowest BCUT2D eigenvalue weighted by Gasteiger charge is -2.17. The topological polar surface area (TPSA) is 50.4 Å². The Hall–Kier alpha value is -0.780. The van der Waals surface area contributed by atoms with Gasteiger partial charge in [-0.25, -0.2) is 0 Å². The van der Waals surface area contributed by atoms with Gasteiger partial charge in [0.1, 0.15) is 5.75 Å². The minimum Gasteiger partial charge on any atom is -0.480 e. The lowest BCUT2D eigenvalue weighted by molar-refractivity contribution is -0.127. The summed E-state index contributed by atoms with van der Waals surface area (Å²) in [5, 5.41) is 5.89. The van der Waals surface area contributed by atoms with Crippen LogP contribution in [0.25, 0.3) is 0 Å². The molecule has 6 heteroatoms. The fraction of sp³-hybridized carbons (Fsp3) is 0.462. The monoisotopic (exact) mass is 350 g/mol. The van der Waals surface area contributed by atoms with Crippen LogP contribution in [0.2, 0.25) is 0 Å². The molecule has 19 heavy (non-hydrogen) atoms. The van der Waals surface area contributed by atoms with Gasteiger partial charge in [0, 0.05) is 12.6 Å². The van der Waals surface area contributed by atoms with Gasteiger partial charge in [0.15, 0.2) is 6.10 Å². The maximum Gasteiger partial charge on any atom is 0.260 e. The molecule has 2 unspecified atom stereocenters. The predicted octanol–water partition coefficient (Wildman–Crippen LogP) is 2.36. The molecule has 2 N–H and O–H groups in total. The molecule has 1 rings (SSSR count). The van der Waals surface area contributed by atoms with Gasteiger partial charge in [-0.1, -0.05) is 12.1 Å². The van der Waals surface area contributed by atoms with Gasteiger partial charge in [0.05, 0.1) is 4.47 Å². The second kappa shape index (κ2) is 9.18. The average Bonchev–Trinajstić information content (AvgIpc) is 2.38. The minimum atomic E-state index is -0.521. The van der Waals surface area contributed by atoms with Crippen molar-refractivity contribution in [2.45, 2.75) is 26.0 Å². The van der Waals surface area contributed by atoms with Gasteiger partial charge in [-0.3, -0.25) is 4.79 Å². The third kappa shape index (κ3) is 6.27. The largest absolute Gasteiger partial charge is 0.480 e. The number of nitrogens with one attached hydrogen (secondary N) is 2. The van der Waals surface area contributed by atoms with Crippen LogP contribution in [0.1, 0.15) is 13.8 Å². The smallest absolute Gasteiger partial charge is 0.260 e. The Morgan fingerprint density at radius 2 is 2.00 bits per heavy atom. The standard InChI is InChI=1S/C13H19BrN2O2.ClH/c1-9(15-3)8-16-13(17)10(2)18-12-7-5-4-6-11(12)14;/h4-7,9-10,15H,8H2,1-3H3,(H,16,17);1H. The third-order valence-corrected chi connectivity index (χ3v) is 3.24. The Labute approximate surface area is 128 Å². The first-order valence-corrected chi connectivity index (χ1v) is 6.70. The number of ether oxygens (including phenoxy) is 1. The van der Waals surface area contributed by atoms with Crippen LogP contribution in [0, 0.1) is 0 Å². The summed E-state index contributed by atoms with van der Waals surface area (Å²) in [6.07, 6.45) is -0.521. The van der Waals surface area contributed by atoms with Crippen molar-refractivity contribution >= 4 is 34.2 Å². The number of hydrogen-bond donors (Lipinski definition) is 2. The van der Waals surface area contributed by atoms with E-state index in [4.69, 9.17) is 4.74 Å². The van der Waals surface area contributed by atoms with Gasteiger partial charge in [0.25, 0.3) is 5.91 Å². The number of likely N-dealkylation sites (N-methyl/N-ethyl adjacent to an activating group) is 1. The molecule has 0 saturated heterocycles. The third-order valence-electron chi connectivity index (χ3n) is 2.58. The molecule has 0 aromatic heterocycles. The number of benzene rings is 1. The summed E-state index contributed by atoms with van der Waals surface area (Å²) in [6.45, 7) is 4.32. The van der Waals surface area contributed by atoms with E-state index in [-0.39, 0.29) is 24.4 Å². The number of carbonyl (C=O) groups excluding carboxylic acids is 1. The van der Waals surface area contributed by atoms with E-state index in [9.17, 15) is 4.79 Å². The molecule has 1 amide bonds. The Balaban J connectivity index is 0.00000324. The molecular weight excluding hydrogens is 332 g/mol. The van der Waals surface area contributed by atoms with E-state index in [1.54, 1.807) is 6.92 Å². The lowest BCUT2D eigenvalue weighted by Crippen LogP contribution is -2.42. The summed E-state index contributed by atoms with van der Waals surface area (Å²) in [7, 11) is 1.86. The van der Waals surface area contributed by atoms with E-state index in [1.807, 2.05) is 38.2 Å². The SMILES string of the molecule is CNC(C)CNC(=O)C(C)Oc1ccccc1Br.Cl. The van der Waals surface area contributed by atoms with Crippen molar-refractivity contribution in [3.8, 4) is 5.75 Å². The number of para-hydroxylation sites is 1. The molecule has 2 atom stereocenters. The number of carbonyl (C=O) groups is 1. The second-order valence-corrected chi connectivity index (χ2v) is 4.98. The van der Waals surface area contributed by atoms with Crippen molar-refractivity contribution < 1.29 is 9.53 Å². The van der Waals surface area contributed by atoms with Crippen LogP contribution >= 0.6 is 28.3 Å². The van der Waals surface area contributed by atoms with Crippen LogP contribution in [-0.4, -0.2) is 31.6 Å². The normalized spacial score (nSPS) is 13.1. The summed E-state index contributed by atoms with van der Waals surface area (Å²) in [4.78, 5) is 11.8. The quantitative estimate of drug-likeness (QED) is 0.827. The summed E-state index contributed by atoms with van der Waals surface area (Å²) in [5.74, 6) is 0.551. The van der Waals surface area contributed by atoms with Gasteiger partial charge >= 0.3 is 0 Å². The zero-order valence-corrected chi connectivity index (χ0v) is 13.7. The van der Waals surface area contributed by atoms with E-state index in [0.29, 0.717) is 12.3 Å². The van der Waals surface area contributed by atoms with E-state index in [0.717, 1.165) is 4.47 Å². The maximum absolute atomic E-state index is 11.8. The fourth-order valence-corrected chi connectivity index (χ4v) is 1.66. The molecular formula is C13H20BrClN2O2. The van der Waals surface area contributed by atoms with Crippen LogP contribution in [0.4, 0.5) is 0 Å². The van der Waals surface area contributed by atoms with Crippen LogP contribution in [0.15, 0.2) is 28.7 Å². The van der Waals surface area contributed by atoms with Crippen molar-refractivity contribution in [3.63, 3.8) is 0 Å². The molecule has 1 aromatic carbocycles.